The molecule has 1 aromatic carbocycles. The molecule has 0 unspecified atom stereocenters. The van der Waals surface area contributed by atoms with Gasteiger partial charge in [-0.15, -0.1) is 0 Å². The van der Waals surface area contributed by atoms with Crippen LogP contribution in [0.5, 0.6) is 0 Å². The van der Waals surface area contributed by atoms with E-state index in [2.05, 4.69) is 9.97 Å². The molecule has 0 saturated carbocycles. The number of esters is 1. The molecule has 4 nitrogen and oxygen atoms in total. The molecule has 0 radical (unpaired) electrons. The first-order valence-corrected chi connectivity index (χ1v) is 5.55. The quantitative estimate of drug-likeness (QED) is 0.769. The molecule has 1 aromatic heterocycles. The van der Waals surface area contributed by atoms with Gasteiger partial charge in [0, 0.05) is 0 Å². The van der Waals surface area contributed by atoms with Crippen LogP contribution in [0.1, 0.15) is 37.0 Å². The number of imidazole rings is 1. The Morgan fingerprint density at radius 1 is 1.35 bits per heavy atom. The molecule has 1 N–H and O–H groups in total. The zero-order valence-electron chi connectivity index (χ0n) is 10.5. The molecule has 0 aliphatic carbocycles. The Kier molecular flexibility index (Phi) is 2.65. The number of nitrogens with zero attached hydrogens (tertiary/aromatic N) is 1. The summed E-state index contributed by atoms with van der Waals surface area (Å²) in [6.07, 6.45) is 0. The van der Waals surface area contributed by atoms with E-state index in [0.717, 1.165) is 11.3 Å². The molecule has 0 saturated heterocycles. The third kappa shape index (κ3) is 2.46. The van der Waals surface area contributed by atoms with Crippen LogP contribution in [0, 0.1) is 6.92 Å². The van der Waals surface area contributed by atoms with E-state index in [0.29, 0.717) is 11.1 Å². The van der Waals surface area contributed by atoms with Gasteiger partial charge in [-0.3, -0.25) is 0 Å². The Morgan fingerprint density at radius 3 is 2.71 bits per heavy atom. The van der Waals surface area contributed by atoms with Crippen LogP contribution in [0.2, 0.25) is 0 Å². The van der Waals surface area contributed by atoms with Crippen LogP contribution < -0.4 is 0 Å². The van der Waals surface area contributed by atoms with Crippen molar-refractivity contribution in [2.24, 2.45) is 0 Å². The number of aryl methyl sites for hydroxylation is 1. The summed E-state index contributed by atoms with van der Waals surface area (Å²) in [5, 5.41) is 0. The van der Waals surface area contributed by atoms with Gasteiger partial charge in [0.2, 0.25) is 0 Å². The van der Waals surface area contributed by atoms with Crippen molar-refractivity contribution in [1.29, 1.82) is 0 Å². The lowest BCUT2D eigenvalue weighted by Gasteiger charge is -2.19. The molecule has 0 spiro atoms. The monoisotopic (exact) mass is 232 g/mol. The third-order valence-corrected chi connectivity index (χ3v) is 2.25. The van der Waals surface area contributed by atoms with Crippen LogP contribution in [0.3, 0.4) is 0 Å². The minimum absolute atomic E-state index is 0.338. The van der Waals surface area contributed by atoms with E-state index in [4.69, 9.17) is 4.74 Å². The Hall–Kier alpha value is -1.84. The van der Waals surface area contributed by atoms with Crippen LogP contribution in [-0.2, 0) is 4.74 Å². The van der Waals surface area contributed by atoms with Crippen molar-refractivity contribution < 1.29 is 9.53 Å². The maximum Gasteiger partial charge on any atom is 0.340 e. The zero-order chi connectivity index (χ0) is 12.6. The zero-order valence-corrected chi connectivity index (χ0v) is 10.5. The normalized spacial score (nSPS) is 11.8. The van der Waals surface area contributed by atoms with Crippen molar-refractivity contribution in [2.75, 3.05) is 0 Å². The number of ether oxygens (including phenoxy) is 1. The summed E-state index contributed by atoms with van der Waals surface area (Å²) < 4.78 is 5.35. The highest BCUT2D eigenvalue weighted by molar-refractivity contribution is 6.02. The number of carbonyl (C=O) groups is 1. The van der Waals surface area contributed by atoms with Crippen molar-refractivity contribution in [3.63, 3.8) is 0 Å². The van der Waals surface area contributed by atoms with Crippen molar-refractivity contribution >= 4 is 17.0 Å². The second-order valence-corrected chi connectivity index (χ2v) is 5.03. The van der Waals surface area contributed by atoms with Gasteiger partial charge in [0.05, 0.1) is 11.1 Å². The van der Waals surface area contributed by atoms with E-state index in [1.54, 1.807) is 6.07 Å². The smallest absolute Gasteiger partial charge is 0.340 e. The van der Waals surface area contributed by atoms with E-state index in [1.165, 1.54) is 0 Å². The van der Waals surface area contributed by atoms with Gasteiger partial charge in [0.15, 0.2) is 0 Å². The molecule has 0 bridgehead atoms. The van der Waals surface area contributed by atoms with E-state index < -0.39 is 5.60 Å². The van der Waals surface area contributed by atoms with Crippen LogP contribution in [0.15, 0.2) is 18.2 Å². The SMILES string of the molecule is Cc1nc2c(C(=O)OC(C)(C)C)cccc2[nH]1. The fourth-order valence-corrected chi connectivity index (χ4v) is 1.65. The first-order chi connectivity index (χ1) is 7.87. The summed E-state index contributed by atoms with van der Waals surface area (Å²) in [4.78, 5) is 19.4. The molecule has 4 heteroatoms. The van der Waals surface area contributed by atoms with Gasteiger partial charge in [0.25, 0.3) is 0 Å². The number of hydrogen-bond acceptors (Lipinski definition) is 3. The highest BCUT2D eigenvalue weighted by Gasteiger charge is 2.20. The summed E-state index contributed by atoms with van der Waals surface area (Å²) in [6.45, 7) is 7.40. The summed E-state index contributed by atoms with van der Waals surface area (Å²) >= 11 is 0. The summed E-state index contributed by atoms with van der Waals surface area (Å²) in [5.41, 5.74) is 1.52. The van der Waals surface area contributed by atoms with Crippen molar-refractivity contribution in [3.05, 3.63) is 29.6 Å². The Labute approximate surface area is 100 Å². The number of nitrogens with one attached hydrogen (secondary N) is 1. The first kappa shape index (κ1) is 11.6. The molecule has 2 aromatic rings. The Balaban J connectivity index is 2.45. The van der Waals surface area contributed by atoms with Gasteiger partial charge in [-0.05, 0) is 39.8 Å². The lowest BCUT2D eigenvalue weighted by molar-refractivity contribution is 0.00717. The standard InChI is InChI=1S/C13H16N2O2/c1-8-14-10-7-5-6-9(11(10)15-8)12(16)17-13(2,3)4/h5-7H,1-4H3,(H,14,15). The van der Waals surface area contributed by atoms with Crippen LogP contribution in [0.4, 0.5) is 0 Å². The van der Waals surface area contributed by atoms with Crippen LogP contribution in [0.25, 0.3) is 11.0 Å². The van der Waals surface area contributed by atoms with Crippen LogP contribution >= 0.6 is 0 Å². The van der Waals surface area contributed by atoms with Crippen molar-refractivity contribution in [3.8, 4) is 0 Å². The van der Waals surface area contributed by atoms with Gasteiger partial charge < -0.3 is 9.72 Å². The number of fused-ring (bicyclic) bond motifs is 1. The number of aromatic nitrogens is 2. The second-order valence-electron chi connectivity index (χ2n) is 5.03. The van der Waals surface area contributed by atoms with Crippen LogP contribution in [-0.4, -0.2) is 21.5 Å². The number of aromatic amines is 1. The number of rotatable bonds is 1. The first-order valence-electron chi connectivity index (χ1n) is 5.55. The number of H-pyrrole nitrogens is 1. The molecule has 0 amide bonds. The summed E-state index contributed by atoms with van der Waals surface area (Å²) in [5.74, 6) is 0.450. The lowest BCUT2D eigenvalue weighted by Crippen LogP contribution is -2.24. The van der Waals surface area contributed by atoms with E-state index in [1.807, 2.05) is 39.8 Å². The summed E-state index contributed by atoms with van der Waals surface area (Å²) in [7, 11) is 0. The van der Waals surface area contributed by atoms with E-state index in [9.17, 15) is 4.79 Å². The maximum absolute atomic E-state index is 12.0. The van der Waals surface area contributed by atoms with Gasteiger partial charge >= 0.3 is 5.97 Å². The Morgan fingerprint density at radius 2 is 2.06 bits per heavy atom. The molecular weight excluding hydrogens is 216 g/mol. The predicted molar refractivity (Wildman–Crippen MR) is 66.0 cm³/mol. The fraction of sp³-hybridized carbons (Fsp3) is 0.385. The number of carbonyl (C=O) groups excluding carboxylic acids is 1. The number of benzene rings is 1. The van der Waals surface area contributed by atoms with Gasteiger partial charge in [-0.1, -0.05) is 6.07 Å². The minimum Gasteiger partial charge on any atom is -0.456 e. The van der Waals surface area contributed by atoms with E-state index in [-0.39, 0.29) is 5.97 Å². The second kappa shape index (κ2) is 3.87. The average Bonchev–Trinajstić information content (AvgIpc) is 2.54. The highest BCUT2D eigenvalue weighted by atomic mass is 16.6. The molecule has 1 heterocycles. The highest BCUT2D eigenvalue weighted by Crippen LogP contribution is 2.19. The predicted octanol–water partition coefficient (Wildman–Crippen LogP) is 2.83. The average molecular weight is 232 g/mol. The maximum atomic E-state index is 12.0. The molecule has 0 fully saturated rings. The van der Waals surface area contributed by atoms with Crippen molar-refractivity contribution in [2.45, 2.75) is 33.3 Å². The fourth-order valence-electron chi connectivity index (χ4n) is 1.65. The Bertz CT molecular complexity index is 564. The largest absolute Gasteiger partial charge is 0.456 e. The molecule has 0 atom stereocenters. The topological polar surface area (TPSA) is 55.0 Å². The number of para-hydroxylation sites is 1. The van der Waals surface area contributed by atoms with Gasteiger partial charge in [-0.25, -0.2) is 9.78 Å². The molecule has 0 aliphatic heterocycles. The van der Waals surface area contributed by atoms with Gasteiger partial charge in [-0.2, -0.15) is 0 Å². The molecule has 90 valence electrons. The molecule has 2 rings (SSSR count). The van der Waals surface area contributed by atoms with Crippen molar-refractivity contribution in [1.82, 2.24) is 9.97 Å². The minimum atomic E-state index is -0.495. The third-order valence-electron chi connectivity index (χ3n) is 2.25. The number of hydrogen-bond donors (Lipinski definition) is 1. The molecule has 17 heavy (non-hydrogen) atoms. The summed E-state index contributed by atoms with van der Waals surface area (Å²) in [6, 6.07) is 5.44. The van der Waals surface area contributed by atoms with E-state index >= 15 is 0 Å². The molecule has 0 aliphatic rings. The lowest BCUT2D eigenvalue weighted by atomic mass is 10.1. The van der Waals surface area contributed by atoms with Gasteiger partial charge in [0.1, 0.15) is 16.9 Å². The molecular formula is C13H16N2O2.